The van der Waals surface area contributed by atoms with Crippen molar-refractivity contribution in [3.63, 3.8) is 0 Å². The van der Waals surface area contributed by atoms with Crippen LogP contribution in [0.4, 0.5) is 0 Å². The van der Waals surface area contributed by atoms with Gasteiger partial charge < -0.3 is 10.0 Å². The van der Waals surface area contributed by atoms with Gasteiger partial charge in [-0.05, 0) is 23.8 Å². The first kappa shape index (κ1) is 17.0. The zero-order chi connectivity index (χ0) is 19.3. The van der Waals surface area contributed by atoms with Crippen LogP contribution in [0.15, 0.2) is 48.0 Å². The van der Waals surface area contributed by atoms with Gasteiger partial charge in [0.2, 0.25) is 0 Å². The van der Waals surface area contributed by atoms with E-state index in [1.807, 2.05) is 35.7 Å². The number of aliphatic hydroxyl groups is 1. The molecule has 1 amide bonds. The molecule has 5 rings (SSSR count). The number of nitrogens with one attached hydrogen (secondary N) is 1. The van der Waals surface area contributed by atoms with Crippen molar-refractivity contribution in [3.05, 3.63) is 53.5 Å². The van der Waals surface area contributed by atoms with E-state index >= 15 is 0 Å². The Labute approximate surface area is 164 Å². The van der Waals surface area contributed by atoms with Crippen LogP contribution in [0, 0.1) is 0 Å². The molecule has 1 aliphatic heterocycles. The van der Waals surface area contributed by atoms with Crippen molar-refractivity contribution in [2.75, 3.05) is 13.6 Å². The molecule has 0 bridgehead atoms. The van der Waals surface area contributed by atoms with Crippen molar-refractivity contribution < 1.29 is 9.90 Å². The van der Waals surface area contributed by atoms with Gasteiger partial charge in [0.25, 0.3) is 5.91 Å². The summed E-state index contributed by atoms with van der Waals surface area (Å²) in [6, 6.07) is 11.2. The second-order valence-corrected chi connectivity index (χ2v) is 7.79. The summed E-state index contributed by atoms with van der Waals surface area (Å²) in [5.41, 5.74) is 2.26. The fraction of sp³-hybridized carbons (Fsp3) is 0.200. The molecule has 7 nitrogen and oxygen atoms in total. The molecule has 1 unspecified atom stereocenters. The fourth-order valence-electron chi connectivity index (χ4n) is 3.59. The molecule has 3 aromatic heterocycles. The lowest BCUT2D eigenvalue weighted by atomic mass is 9.90. The average molecular weight is 391 g/mol. The third-order valence-corrected chi connectivity index (χ3v) is 6.04. The van der Waals surface area contributed by atoms with Crippen molar-refractivity contribution in [3.8, 4) is 22.0 Å². The number of nitrogens with zero attached hydrogens (tertiary/aromatic N) is 4. The number of hydrogen-bond donors (Lipinski definition) is 2. The first-order valence-electron chi connectivity index (χ1n) is 8.90. The van der Waals surface area contributed by atoms with E-state index in [0.717, 1.165) is 33.0 Å². The molecule has 0 aliphatic carbocycles. The molecule has 0 radical (unpaired) electrons. The molecular weight excluding hydrogens is 374 g/mol. The van der Waals surface area contributed by atoms with Gasteiger partial charge in [0.1, 0.15) is 10.7 Å². The number of likely N-dealkylation sites (tertiary alicyclic amines) is 1. The van der Waals surface area contributed by atoms with Gasteiger partial charge in [-0.3, -0.25) is 9.89 Å². The van der Waals surface area contributed by atoms with Crippen LogP contribution in [-0.4, -0.2) is 49.7 Å². The number of carbonyl (C=O) groups excluding carboxylic acids is 1. The number of carbonyl (C=O) groups is 1. The first-order chi connectivity index (χ1) is 13.6. The van der Waals surface area contributed by atoms with E-state index < -0.39 is 5.60 Å². The highest BCUT2D eigenvalue weighted by Crippen LogP contribution is 2.36. The normalized spacial score (nSPS) is 19.6. The Morgan fingerprint density at radius 1 is 1.29 bits per heavy atom. The molecule has 140 valence electrons. The minimum absolute atomic E-state index is 0.265. The van der Waals surface area contributed by atoms with E-state index in [4.69, 9.17) is 4.98 Å². The Kier molecular flexibility index (Phi) is 3.78. The Hall–Kier alpha value is -3.10. The smallest absolute Gasteiger partial charge is 0.258 e. The number of H-pyrrole nitrogens is 1. The lowest BCUT2D eigenvalue weighted by Gasteiger charge is -2.21. The molecule has 1 atom stereocenters. The summed E-state index contributed by atoms with van der Waals surface area (Å²) < 4.78 is 0. The van der Waals surface area contributed by atoms with Gasteiger partial charge in [0.05, 0.1) is 5.69 Å². The van der Waals surface area contributed by atoms with Crippen molar-refractivity contribution >= 4 is 28.3 Å². The standard InChI is InChI=1S/C20H17N5O2S/c1-25-9-7-20(27,19(25)26)13-5-2-4-12(10-13)15-11-28-18(22-15)16-14-6-3-8-21-17(14)24-23-16/h2-6,8,10-11,27H,7,9H2,1H3,(H,21,23,24). The minimum Gasteiger partial charge on any atom is -0.375 e. The highest BCUT2D eigenvalue weighted by molar-refractivity contribution is 7.13. The second kappa shape index (κ2) is 6.22. The summed E-state index contributed by atoms with van der Waals surface area (Å²) in [6.45, 7) is 0.542. The van der Waals surface area contributed by atoms with Crippen molar-refractivity contribution in [1.29, 1.82) is 0 Å². The molecule has 4 aromatic rings. The monoisotopic (exact) mass is 391 g/mol. The van der Waals surface area contributed by atoms with Crippen molar-refractivity contribution in [2.24, 2.45) is 0 Å². The van der Waals surface area contributed by atoms with E-state index in [-0.39, 0.29) is 5.91 Å². The molecule has 1 fully saturated rings. The summed E-state index contributed by atoms with van der Waals surface area (Å²) in [5, 5.41) is 21.9. The third kappa shape index (κ3) is 2.53. The van der Waals surface area contributed by atoms with Crippen LogP contribution in [0.25, 0.3) is 33.0 Å². The maximum absolute atomic E-state index is 12.4. The largest absolute Gasteiger partial charge is 0.375 e. The number of aromatic amines is 1. The Morgan fingerprint density at radius 3 is 3.00 bits per heavy atom. The second-order valence-electron chi connectivity index (χ2n) is 6.93. The number of aromatic nitrogens is 4. The van der Waals surface area contributed by atoms with Gasteiger partial charge in [-0.1, -0.05) is 18.2 Å². The predicted octanol–water partition coefficient (Wildman–Crippen LogP) is 2.80. The van der Waals surface area contributed by atoms with Crippen LogP contribution in [0.2, 0.25) is 0 Å². The number of fused-ring (bicyclic) bond motifs is 1. The van der Waals surface area contributed by atoms with Gasteiger partial charge in [-0.2, -0.15) is 5.10 Å². The van der Waals surface area contributed by atoms with Crippen LogP contribution in [-0.2, 0) is 10.4 Å². The number of benzene rings is 1. The van der Waals surface area contributed by atoms with Crippen molar-refractivity contribution in [2.45, 2.75) is 12.0 Å². The van der Waals surface area contributed by atoms with E-state index in [1.165, 1.54) is 11.3 Å². The Balaban J connectivity index is 1.52. The first-order valence-corrected chi connectivity index (χ1v) is 9.78. The van der Waals surface area contributed by atoms with Gasteiger partial charge in [-0.25, -0.2) is 9.97 Å². The summed E-state index contributed by atoms with van der Waals surface area (Å²) in [7, 11) is 1.71. The van der Waals surface area contributed by atoms with Crippen LogP contribution in [0.5, 0.6) is 0 Å². The maximum Gasteiger partial charge on any atom is 0.258 e. The highest BCUT2D eigenvalue weighted by atomic mass is 32.1. The molecule has 1 saturated heterocycles. The number of thiazole rings is 1. The fourth-order valence-corrected chi connectivity index (χ4v) is 4.42. The summed E-state index contributed by atoms with van der Waals surface area (Å²) in [6.07, 6.45) is 2.11. The highest BCUT2D eigenvalue weighted by Gasteiger charge is 2.45. The molecule has 28 heavy (non-hydrogen) atoms. The van der Waals surface area contributed by atoms with Crippen LogP contribution in [0.1, 0.15) is 12.0 Å². The molecule has 1 aliphatic rings. The summed E-state index contributed by atoms with van der Waals surface area (Å²) in [5.74, 6) is -0.265. The maximum atomic E-state index is 12.4. The van der Waals surface area contributed by atoms with E-state index in [1.54, 1.807) is 24.2 Å². The third-order valence-electron chi connectivity index (χ3n) is 5.19. The quantitative estimate of drug-likeness (QED) is 0.560. The van der Waals surface area contributed by atoms with Gasteiger partial charge >= 0.3 is 0 Å². The molecule has 0 spiro atoms. The predicted molar refractivity (Wildman–Crippen MR) is 107 cm³/mol. The van der Waals surface area contributed by atoms with E-state index in [9.17, 15) is 9.90 Å². The van der Waals surface area contributed by atoms with Gasteiger partial charge in [0.15, 0.2) is 11.2 Å². The molecule has 1 aromatic carbocycles. The Morgan fingerprint density at radius 2 is 2.18 bits per heavy atom. The summed E-state index contributed by atoms with van der Waals surface area (Å²) in [4.78, 5) is 23.0. The number of likely N-dealkylation sites (N-methyl/N-ethyl adjacent to an activating group) is 1. The number of pyridine rings is 1. The zero-order valence-corrected chi connectivity index (χ0v) is 15.9. The Bertz CT molecular complexity index is 1200. The molecule has 0 saturated carbocycles. The lowest BCUT2D eigenvalue weighted by molar-refractivity contribution is -0.143. The lowest BCUT2D eigenvalue weighted by Crippen LogP contribution is -2.36. The van der Waals surface area contributed by atoms with Crippen LogP contribution < -0.4 is 0 Å². The topological polar surface area (TPSA) is 95.0 Å². The molecule has 4 heterocycles. The molecule has 2 N–H and O–H groups in total. The van der Waals surface area contributed by atoms with Crippen molar-refractivity contribution in [1.82, 2.24) is 25.1 Å². The van der Waals surface area contributed by atoms with Crippen LogP contribution >= 0.6 is 11.3 Å². The van der Waals surface area contributed by atoms with Gasteiger partial charge in [-0.15, -0.1) is 11.3 Å². The molecule has 8 heteroatoms. The van der Waals surface area contributed by atoms with Crippen LogP contribution in [0.3, 0.4) is 0 Å². The minimum atomic E-state index is -1.46. The van der Waals surface area contributed by atoms with E-state index in [2.05, 4.69) is 15.2 Å². The molecular formula is C20H17N5O2S. The number of hydrogen-bond acceptors (Lipinski definition) is 6. The van der Waals surface area contributed by atoms with E-state index in [0.29, 0.717) is 18.5 Å². The number of rotatable bonds is 3. The number of amides is 1. The summed E-state index contributed by atoms with van der Waals surface area (Å²) >= 11 is 1.50. The van der Waals surface area contributed by atoms with Gasteiger partial charge in [0, 0.05) is 42.5 Å². The SMILES string of the molecule is CN1CCC(O)(c2cccc(-c3csc(-c4n[nH]c5ncccc45)n3)c2)C1=O. The average Bonchev–Trinajstić information content (AvgIpc) is 3.43. The zero-order valence-electron chi connectivity index (χ0n) is 15.1.